The maximum atomic E-state index is 12.7. The maximum Gasteiger partial charge on any atom is 0.306 e. The average molecular weight is 769 g/mol. The lowest BCUT2D eigenvalue weighted by Crippen LogP contribution is -2.59. The SMILES string of the molecule is CCCCCC/C=C/C=C/CCCCCCCC(=O)OC[C@@H](CO[C@H]1O[C@@H](CO)[C@@H](O)C(O)C1O)OC(=O)CCCCCCCCCCCCCCCC. The predicted octanol–water partition coefficient (Wildman–Crippen LogP) is 8.94. The van der Waals surface area contributed by atoms with Crippen molar-refractivity contribution in [3.8, 4) is 0 Å². The van der Waals surface area contributed by atoms with Crippen LogP contribution in [-0.4, -0.2) is 89.0 Å². The van der Waals surface area contributed by atoms with Crippen LogP contribution in [-0.2, 0) is 28.5 Å². The van der Waals surface area contributed by atoms with Gasteiger partial charge in [-0.3, -0.25) is 9.59 Å². The highest BCUT2D eigenvalue weighted by molar-refractivity contribution is 5.70. The highest BCUT2D eigenvalue weighted by atomic mass is 16.7. The summed E-state index contributed by atoms with van der Waals surface area (Å²) in [5.74, 6) is -0.819. The van der Waals surface area contributed by atoms with Crippen LogP contribution in [0.2, 0.25) is 0 Å². The van der Waals surface area contributed by atoms with Crippen molar-refractivity contribution in [2.24, 2.45) is 0 Å². The van der Waals surface area contributed by atoms with E-state index in [0.717, 1.165) is 57.8 Å². The van der Waals surface area contributed by atoms with Crippen molar-refractivity contribution in [2.75, 3.05) is 19.8 Å². The van der Waals surface area contributed by atoms with E-state index in [-0.39, 0.29) is 32.0 Å². The molecule has 0 aromatic rings. The largest absolute Gasteiger partial charge is 0.462 e. The van der Waals surface area contributed by atoms with E-state index in [1.807, 2.05) is 0 Å². The fraction of sp³-hybridized carbons (Fsp3) is 0.864. The first-order valence-corrected chi connectivity index (χ1v) is 21.9. The van der Waals surface area contributed by atoms with Crippen LogP contribution < -0.4 is 0 Å². The van der Waals surface area contributed by atoms with Gasteiger partial charge in [0.2, 0.25) is 0 Å². The predicted molar refractivity (Wildman–Crippen MR) is 215 cm³/mol. The number of hydrogen-bond acceptors (Lipinski definition) is 10. The zero-order valence-electron chi connectivity index (χ0n) is 34.2. The molecule has 1 aliphatic heterocycles. The van der Waals surface area contributed by atoms with Crippen molar-refractivity contribution >= 4 is 11.9 Å². The number of ether oxygens (including phenoxy) is 4. The highest BCUT2D eigenvalue weighted by Crippen LogP contribution is 2.22. The van der Waals surface area contributed by atoms with Crippen molar-refractivity contribution < 1.29 is 49.0 Å². The normalized spacial score (nSPS) is 20.9. The van der Waals surface area contributed by atoms with Crippen molar-refractivity contribution in [1.82, 2.24) is 0 Å². The van der Waals surface area contributed by atoms with E-state index in [2.05, 4.69) is 38.2 Å². The molecule has 1 heterocycles. The van der Waals surface area contributed by atoms with Gasteiger partial charge in [-0.1, -0.05) is 160 Å². The van der Waals surface area contributed by atoms with E-state index in [9.17, 15) is 30.0 Å². The summed E-state index contributed by atoms with van der Waals surface area (Å²) in [6, 6.07) is 0. The number of carbonyl (C=O) groups excluding carboxylic acids is 2. The molecule has 2 unspecified atom stereocenters. The molecule has 0 saturated carbocycles. The number of allylic oxidation sites excluding steroid dienone is 4. The first-order valence-electron chi connectivity index (χ1n) is 21.9. The zero-order chi connectivity index (χ0) is 39.5. The van der Waals surface area contributed by atoms with Gasteiger partial charge in [0.05, 0.1) is 13.2 Å². The summed E-state index contributed by atoms with van der Waals surface area (Å²) in [5, 5.41) is 40.0. The van der Waals surface area contributed by atoms with E-state index < -0.39 is 49.4 Å². The first-order chi connectivity index (χ1) is 26.3. The number of carbonyl (C=O) groups is 2. The second-order valence-electron chi connectivity index (χ2n) is 15.2. The average Bonchev–Trinajstić information content (AvgIpc) is 3.17. The number of hydrogen-bond donors (Lipinski definition) is 4. The van der Waals surface area contributed by atoms with Crippen LogP contribution in [0.4, 0.5) is 0 Å². The summed E-state index contributed by atoms with van der Waals surface area (Å²) < 4.78 is 22.1. The zero-order valence-corrected chi connectivity index (χ0v) is 34.2. The van der Waals surface area contributed by atoms with Gasteiger partial charge < -0.3 is 39.4 Å². The Morgan fingerprint density at radius 1 is 0.574 bits per heavy atom. The van der Waals surface area contributed by atoms with E-state index in [0.29, 0.717) is 12.8 Å². The minimum Gasteiger partial charge on any atom is -0.462 e. The molecule has 0 amide bonds. The minimum absolute atomic E-state index is 0.222. The van der Waals surface area contributed by atoms with Gasteiger partial charge in [-0.25, -0.2) is 0 Å². The Bertz CT molecular complexity index is 938. The molecule has 1 aliphatic rings. The molecule has 0 spiro atoms. The monoisotopic (exact) mass is 769 g/mol. The lowest BCUT2D eigenvalue weighted by Gasteiger charge is -2.39. The third-order valence-corrected chi connectivity index (χ3v) is 10.1. The highest BCUT2D eigenvalue weighted by Gasteiger charge is 2.44. The number of aliphatic hydroxyl groups is 4. The van der Waals surface area contributed by atoms with Crippen LogP contribution >= 0.6 is 0 Å². The Morgan fingerprint density at radius 3 is 1.52 bits per heavy atom. The second-order valence-corrected chi connectivity index (χ2v) is 15.2. The van der Waals surface area contributed by atoms with Gasteiger partial charge in [-0.15, -0.1) is 0 Å². The van der Waals surface area contributed by atoms with Crippen LogP contribution in [0, 0.1) is 0 Å². The molecule has 1 rings (SSSR count). The van der Waals surface area contributed by atoms with E-state index >= 15 is 0 Å². The van der Waals surface area contributed by atoms with Crippen molar-refractivity contribution in [1.29, 1.82) is 0 Å². The van der Waals surface area contributed by atoms with Crippen LogP contribution in [0.5, 0.6) is 0 Å². The summed E-state index contributed by atoms with van der Waals surface area (Å²) in [7, 11) is 0. The molecule has 0 bridgehead atoms. The molecule has 1 saturated heterocycles. The van der Waals surface area contributed by atoms with E-state index in [1.165, 1.54) is 89.9 Å². The quantitative estimate of drug-likeness (QED) is 0.0276. The Labute approximate surface area is 328 Å². The standard InChI is InChI=1S/C44H80O10/c1-3-5-7-9-11-13-15-17-19-21-22-24-26-28-30-32-39(46)51-35-37(36-52-44-43(50)42(49)41(48)38(34-45)54-44)53-40(47)33-31-29-27-25-23-20-18-16-14-12-10-8-6-4-2/h13,15,17,19,37-38,41-45,48-50H,3-12,14,16,18,20-36H2,1-2H3/b15-13+,19-17+/t37-,38-,41+,42?,43?,44-/m0/s1. The molecule has 0 radical (unpaired) electrons. The Hall–Kier alpha value is -1.82. The number of rotatable bonds is 36. The Morgan fingerprint density at radius 2 is 1.02 bits per heavy atom. The Balaban J connectivity index is 2.35. The van der Waals surface area contributed by atoms with Gasteiger partial charge in [0.15, 0.2) is 12.4 Å². The van der Waals surface area contributed by atoms with Crippen molar-refractivity contribution in [2.45, 2.75) is 224 Å². The van der Waals surface area contributed by atoms with Crippen LogP contribution in [0.1, 0.15) is 187 Å². The molecule has 4 N–H and O–H groups in total. The van der Waals surface area contributed by atoms with Crippen LogP contribution in [0.15, 0.2) is 24.3 Å². The molecule has 54 heavy (non-hydrogen) atoms. The molecule has 0 aromatic heterocycles. The first kappa shape index (κ1) is 50.2. The maximum absolute atomic E-state index is 12.7. The third kappa shape index (κ3) is 26.9. The topological polar surface area (TPSA) is 152 Å². The molecule has 0 aromatic carbocycles. The summed E-state index contributed by atoms with van der Waals surface area (Å²) in [5.41, 5.74) is 0. The van der Waals surface area contributed by atoms with Gasteiger partial charge in [-0.2, -0.15) is 0 Å². The fourth-order valence-electron chi connectivity index (χ4n) is 6.59. The van der Waals surface area contributed by atoms with Crippen LogP contribution in [0.25, 0.3) is 0 Å². The molecule has 1 fully saturated rings. The van der Waals surface area contributed by atoms with Crippen molar-refractivity contribution in [3.05, 3.63) is 24.3 Å². The van der Waals surface area contributed by atoms with E-state index in [1.54, 1.807) is 0 Å². The van der Waals surface area contributed by atoms with Gasteiger partial charge in [0, 0.05) is 12.8 Å². The number of esters is 2. The number of unbranched alkanes of at least 4 members (excludes halogenated alkanes) is 22. The van der Waals surface area contributed by atoms with Crippen molar-refractivity contribution in [3.63, 3.8) is 0 Å². The number of aliphatic hydroxyl groups excluding tert-OH is 4. The molecule has 316 valence electrons. The molecule has 6 atom stereocenters. The Kier molecular flexibility index (Phi) is 33.1. The van der Waals surface area contributed by atoms with Crippen LogP contribution in [0.3, 0.4) is 0 Å². The van der Waals surface area contributed by atoms with E-state index in [4.69, 9.17) is 18.9 Å². The smallest absolute Gasteiger partial charge is 0.306 e. The van der Waals surface area contributed by atoms with Gasteiger partial charge >= 0.3 is 11.9 Å². The van der Waals surface area contributed by atoms with Gasteiger partial charge in [0.25, 0.3) is 0 Å². The molecular formula is C44H80O10. The third-order valence-electron chi connectivity index (χ3n) is 10.1. The summed E-state index contributed by atoms with van der Waals surface area (Å²) in [6.45, 7) is 3.39. The summed E-state index contributed by atoms with van der Waals surface area (Å²) in [6.07, 6.45) is 30.3. The molecular weight excluding hydrogens is 688 g/mol. The lowest BCUT2D eigenvalue weighted by atomic mass is 9.99. The molecule has 10 nitrogen and oxygen atoms in total. The molecule has 0 aliphatic carbocycles. The lowest BCUT2D eigenvalue weighted by molar-refractivity contribution is -0.305. The summed E-state index contributed by atoms with van der Waals surface area (Å²) in [4.78, 5) is 25.3. The minimum atomic E-state index is -1.59. The van der Waals surface area contributed by atoms with Gasteiger partial charge in [-0.05, 0) is 38.5 Å². The molecule has 10 heteroatoms. The second kappa shape index (κ2) is 35.6. The summed E-state index contributed by atoms with van der Waals surface area (Å²) >= 11 is 0. The van der Waals surface area contributed by atoms with Gasteiger partial charge in [0.1, 0.15) is 31.0 Å². The fourth-order valence-corrected chi connectivity index (χ4v) is 6.59.